The monoisotopic (exact) mass is 268 g/mol. The van der Waals surface area contributed by atoms with Gasteiger partial charge in [0.2, 0.25) is 0 Å². The smallest absolute Gasteiger partial charge is 0.251 e. The number of amides is 1. The lowest BCUT2D eigenvalue weighted by atomic mass is 9.84. The molecule has 1 amide bonds. The average molecular weight is 268 g/mol. The van der Waals surface area contributed by atoms with Gasteiger partial charge in [0.05, 0.1) is 0 Å². The van der Waals surface area contributed by atoms with Crippen molar-refractivity contribution in [2.75, 3.05) is 6.54 Å². The van der Waals surface area contributed by atoms with E-state index < -0.39 is 17.5 Å². The van der Waals surface area contributed by atoms with Crippen molar-refractivity contribution in [1.82, 2.24) is 5.32 Å². The highest BCUT2D eigenvalue weighted by atomic mass is 19.1. The molecule has 1 fully saturated rings. The number of benzene rings is 1. The molecule has 1 aliphatic carbocycles. The van der Waals surface area contributed by atoms with Gasteiger partial charge in [-0.15, -0.1) is 0 Å². The molecule has 2 rings (SSSR count). The highest BCUT2D eigenvalue weighted by Gasteiger charge is 2.25. The molecule has 2 unspecified atom stereocenters. The molecule has 104 valence electrons. The van der Waals surface area contributed by atoms with Gasteiger partial charge in [0, 0.05) is 17.7 Å². The van der Waals surface area contributed by atoms with E-state index in [2.05, 4.69) is 5.32 Å². The molecule has 5 heteroatoms. The van der Waals surface area contributed by atoms with E-state index >= 15 is 0 Å². The van der Waals surface area contributed by atoms with E-state index in [0.29, 0.717) is 6.54 Å². The Bertz CT molecular complexity index is 445. The van der Waals surface area contributed by atoms with E-state index in [9.17, 15) is 13.6 Å². The van der Waals surface area contributed by atoms with Gasteiger partial charge in [-0.2, -0.15) is 0 Å². The van der Waals surface area contributed by atoms with Crippen molar-refractivity contribution in [3.8, 4) is 0 Å². The van der Waals surface area contributed by atoms with Crippen LogP contribution in [-0.2, 0) is 0 Å². The van der Waals surface area contributed by atoms with E-state index in [4.69, 9.17) is 5.73 Å². The fourth-order valence-electron chi connectivity index (χ4n) is 2.62. The fraction of sp³-hybridized carbons (Fsp3) is 0.500. The third kappa shape index (κ3) is 3.50. The maximum absolute atomic E-state index is 13.1. The topological polar surface area (TPSA) is 55.1 Å². The van der Waals surface area contributed by atoms with Gasteiger partial charge in [0.1, 0.15) is 11.6 Å². The molecule has 0 aliphatic heterocycles. The minimum atomic E-state index is -0.746. The van der Waals surface area contributed by atoms with Crippen molar-refractivity contribution in [1.29, 1.82) is 0 Å². The number of hydrogen-bond donors (Lipinski definition) is 2. The first-order valence-corrected chi connectivity index (χ1v) is 6.57. The molecule has 2 atom stereocenters. The second-order valence-electron chi connectivity index (χ2n) is 5.02. The van der Waals surface area contributed by atoms with Crippen LogP contribution < -0.4 is 11.1 Å². The van der Waals surface area contributed by atoms with Gasteiger partial charge in [-0.3, -0.25) is 4.79 Å². The number of nitrogens with two attached hydrogens (primary N) is 1. The molecule has 1 aromatic carbocycles. The first-order valence-electron chi connectivity index (χ1n) is 6.57. The summed E-state index contributed by atoms with van der Waals surface area (Å²) >= 11 is 0. The standard InChI is InChI=1S/C14H18F2N2O/c15-11-5-10(6-12(16)7-11)14(19)18-13-4-2-1-3-9(13)8-17/h5-7,9,13H,1-4,8,17H2,(H,18,19). The summed E-state index contributed by atoms with van der Waals surface area (Å²) in [6.45, 7) is 0.516. The predicted octanol–water partition coefficient (Wildman–Crippen LogP) is 2.21. The molecule has 0 saturated heterocycles. The molecule has 1 saturated carbocycles. The van der Waals surface area contributed by atoms with Crippen LogP contribution in [0, 0.1) is 17.6 Å². The minimum absolute atomic E-state index is 0.00224. The van der Waals surface area contributed by atoms with E-state index in [-0.39, 0.29) is 17.5 Å². The molecular weight excluding hydrogens is 250 g/mol. The Hall–Kier alpha value is -1.49. The number of rotatable bonds is 3. The first kappa shape index (κ1) is 13.9. The van der Waals surface area contributed by atoms with E-state index in [1.54, 1.807) is 0 Å². The molecule has 0 radical (unpaired) electrons. The van der Waals surface area contributed by atoms with Crippen LogP contribution in [0.2, 0.25) is 0 Å². The van der Waals surface area contributed by atoms with Gasteiger partial charge in [-0.25, -0.2) is 8.78 Å². The largest absolute Gasteiger partial charge is 0.349 e. The second kappa shape index (κ2) is 6.10. The van der Waals surface area contributed by atoms with Crippen LogP contribution in [0.25, 0.3) is 0 Å². The maximum atomic E-state index is 13.1. The number of carbonyl (C=O) groups excluding carboxylic acids is 1. The van der Waals surface area contributed by atoms with Gasteiger partial charge in [-0.1, -0.05) is 12.8 Å². The molecule has 3 N–H and O–H groups in total. The van der Waals surface area contributed by atoms with Gasteiger partial charge in [0.15, 0.2) is 0 Å². The van der Waals surface area contributed by atoms with Crippen LogP contribution in [0.4, 0.5) is 8.78 Å². The molecule has 1 aliphatic rings. The lowest BCUT2D eigenvalue weighted by molar-refractivity contribution is 0.0907. The SMILES string of the molecule is NCC1CCCCC1NC(=O)c1cc(F)cc(F)c1. The van der Waals surface area contributed by atoms with Gasteiger partial charge >= 0.3 is 0 Å². The zero-order valence-corrected chi connectivity index (χ0v) is 10.7. The number of nitrogens with one attached hydrogen (secondary N) is 1. The van der Waals surface area contributed by atoms with Gasteiger partial charge in [0.25, 0.3) is 5.91 Å². The third-order valence-electron chi connectivity index (χ3n) is 3.65. The Kier molecular flexibility index (Phi) is 4.47. The summed E-state index contributed by atoms with van der Waals surface area (Å²) in [5.74, 6) is -1.69. The minimum Gasteiger partial charge on any atom is -0.349 e. The highest BCUT2D eigenvalue weighted by molar-refractivity contribution is 5.94. The molecule has 1 aromatic rings. The van der Waals surface area contributed by atoms with E-state index in [0.717, 1.165) is 43.9 Å². The van der Waals surface area contributed by atoms with Gasteiger partial charge in [-0.05, 0) is 37.4 Å². The quantitative estimate of drug-likeness (QED) is 0.883. The summed E-state index contributed by atoms with van der Waals surface area (Å²) in [7, 11) is 0. The summed E-state index contributed by atoms with van der Waals surface area (Å²) in [6, 6.07) is 2.83. The molecule has 0 aromatic heterocycles. The van der Waals surface area contributed by atoms with Crippen LogP contribution in [0.15, 0.2) is 18.2 Å². The summed E-state index contributed by atoms with van der Waals surface area (Å²) in [4.78, 5) is 12.0. The highest BCUT2D eigenvalue weighted by Crippen LogP contribution is 2.23. The Labute approximate surface area is 111 Å². The zero-order valence-electron chi connectivity index (χ0n) is 10.7. The summed E-state index contributed by atoms with van der Waals surface area (Å²) in [5, 5.41) is 2.84. The second-order valence-corrected chi connectivity index (χ2v) is 5.02. The van der Waals surface area contributed by atoms with Crippen molar-refractivity contribution < 1.29 is 13.6 Å². The van der Waals surface area contributed by atoms with Crippen molar-refractivity contribution in [3.63, 3.8) is 0 Å². The van der Waals surface area contributed by atoms with Crippen LogP contribution in [0.1, 0.15) is 36.0 Å². The van der Waals surface area contributed by atoms with E-state index in [1.165, 1.54) is 0 Å². The van der Waals surface area contributed by atoms with Crippen molar-refractivity contribution in [3.05, 3.63) is 35.4 Å². The Morgan fingerprint density at radius 3 is 2.47 bits per heavy atom. The maximum Gasteiger partial charge on any atom is 0.251 e. The molecule has 3 nitrogen and oxygen atoms in total. The zero-order chi connectivity index (χ0) is 13.8. The Morgan fingerprint density at radius 1 is 1.21 bits per heavy atom. The molecular formula is C14H18F2N2O. The Morgan fingerprint density at radius 2 is 1.84 bits per heavy atom. The number of carbonyl (C=O) groups is 1. The lowest BCUT2D eigenvalue weighted by Gasteiger charge is -2.31. The summed E-state index contributed by atoms with van der Waals surface area (Å²) < 4.78 is 26.1. The normalized spacial score (nSPS) is 23.1. The number of hydrogen-bond acceptors (Lipinski definition) is 2. The van der Waals surface area contributed by atoms with Crippen molar-refractivity contribution in [2.45, 2.75) is 31.7 Å². The fourth-order valence-corrected chi connectivity index (χ4v) is 2.62. The first-order chi connectivity index (χ1) is 9.10. The van der Waals surface area contributed by atoms with Crippen LogP contribution in [0.5, 0.6) is 0 Å². The molecule has 0 bridgehead atoms. The summed E-state index contributed by atoms with van der Waals surface area (Å²) in [6.07, 6.45) is 4.01. The van der Waals surface area contributed by atoms with Crippen LogP contribution in [-0.4, -0.2) is 18.5 Å². The van der Waals surface area contributed by atoms with Crippen molar-refractivity contribution >= 4 is 5.91 Å². The average Bonchev–Trinajstić information content (AvgIpc) is 2.38. The third-order valence-corrected chi connectivity index (χ3v) is 3.65. The van der Waals surface area contributed by atoms with Crippen LogP contribution >= 0.6 is 0 Å². The van der Waals surface area contributed by atoms with Crippen molar-refractivity contribution in [2.24, 2.45) is 11.7 Å². The van der Waals surface area contributed by atoms with Crippen LogP contribution in [0.3, 0.4) is 0 Å². The van der Waals surface area contributed by atoms with Gasteiger partial charge < -0.3 is 11.1 Å². The summed E-state index contributed by atoms with van der Waals surface area (Å²) in [5.41, 5.74) is 5.70. The Balaban J connectivity index is 2.07. The molecule has 19 heavy (non-hydrogen) atoms. The van der Waals surface area contributed by atoms with E-state index in [1.807, 2.05) is 0 Å². The number of halogens is 2. The predicted molar refractivity (Wildman–Crippen MR) is 68.6 cm³/mol. The molecule has 0 heterocycles. The molecule has 0 spiro atoms. The lowest BCUT2D eigenvalue weighted by Crippen LogP contribution is -2.44.